The molecule has 2 aliphatic rings. The highest BCUT2D eigenvalue weighted by atomic mass is 19.1. The Bertz CT molecular complexity index is 634. The van der Waals surface area contributed by atoms with Gasteiger partial charge in [0.1, 0.15) is 5.82 Å². The molecule has 0 saturated heterocycles. The lowest BCUT2D eigenvalue weighted by Crippen LogP contribution is -2.15. The van der Waals surface area contributed by atoms with Gasteiger partial charge in [0.05, 0.1) is 0 Å². The van der Waals surface area contributed by atoms with Crippen LogP contribution in [0.3, 0.4) is 0 Å². The second-order valence-corrected chi connectivity index (χ2v) is 11.8. The van der Waals surface area contributed by atoms with Gasteiger partial charge in [0, 0.05) is 0 Å². The van der Waals surface area contributed by atoms with E-state index in [1.807, 2.05) is 6.07 Å². The molecule has 33 heavy (non-hydrogen) atoms. The lowest BCUT2D eigenvalue weighted by molar-refractivity contribution is 0.248. The number of hydrogen-bond acceptors (Lipinski definition) is 0. The fraction of sp³-hybridized carbons (Fsp3) is 0.812. The van der Waals surface area contributed by atoms with E-state index in [-0.39, 0.29) is 5.82 Å². The predicted octanol–water partition coefficient (Wildman–Crippen LogP) is 10.5. The van der Waals surface area contributed by atoms with Crippen LogP contribution >= 0.6 is 0 Å². The molecule has 2 saturated carbocycles. The molecular weight excluding hydrogens is 403 g/mol. The summed E-state index contributed by atoms with van der Waals surface area (Å²) in [4.78, 5) is 0. The minimum atomic E-state index is 0.0559. The molecule has 188 valence electrons. The summed E-state index contributed by atoms with van der Waals surface area (Å²) in [6, 6.07) is 6.18. The summed E-state index contributed by atoms with van der Waals surface area (Å²) < 4.78 is 14.8. The first-order valence-corrected chi connectivity index (χ1v) is 14.9. The van der Waals surface area contributed by atoms with E-state index in [4.69, 9.17) is 0 Å². The topological polar surface area (TPSA) is 0 Å². The summed E-state index contributed by atoms with van der Waals surface area (Å²) >= 11 is 0. The maximum absolute atomic E-state index is 14.8. The minimum Gasteiger partial charge on any atom is -0.207 e. The predicted molar refractivity (Wildman–Crippen MR) is 142 cm³/mol. The zero-order chi connectivity index (χ0) is 23.3. The van der Waals surface area contributed by atoms with E-state index in [1.54, 1.807) is 0 Å². The van der Waals surface area contributed by atoms with E-state index in [1.165, 1.54) is 121 Å². The van der Waals surface area contributed by atoms with Crippen LogP contribution in [0.5, 0.6) is 0 Å². The Hall–Kier alpha value is -0.850. The van der Waals surface area contributed by atoms with Crippen LogP contribution < -0.4 is 0 Å². The van der Waals surface area contributed by atoms with Gasteiger partial charge in [0.25, 0.3) is 0 Å². The van der Waals surface area contributed by atoms with Crippen LogP contribution in [-0.2, 0) is 12.8 Å². The summed E-state index contributed by atoms with van der Waals surface area (Å²) in [5, 5.41) is 0. The van der Waals surface area contributed by atoms with E-state index < -0.39 is 0 Å². The van der Waals surface area contributed by atoms with Crippen molar-refractivity contribution in [3.05, 3.63) is 35.1 Å². The van der Waals surface area contributed by atoms with Crippen LogP contribution in [0.4, 0.5) is 4.39 Å². The molecule has 0 aliphatic heterocycles. The van der Waals surface area contributed by atoms with Gasteiger partial charge in [-0.3, -0.25) is 0 Å². The van der Waals surface area contributed by atoms with Crippen LogP contribution in [0.2, 0.25) is 0 Å². The third kappa shape index (κ3) is 9.73. The maximum atomic E-state index is 14.8. The van der Waals surface area contributed by atoms with E-state index in [0.29, 0.717) is 0 Å². The lowest BCUT2D eigenvalue weighted by Gasteiger charge is -2.29. The molecule has 0 bridgehead atoms. The quantitative estimate of drug-likeness (QED) is 0.244. The number of benzene rings is 1. The zero-order valence-corrected chi connectivity index (χ0v) is 22.1. The Morgan fingerprint density at radius 3 is 1.52 bits per heavy atom. The molecule has 0 unspecified atom stereocenters. The molecule has 0 atom stereocenters. The lowest BCUT2D eigenvalue weighted by atomic mass is 9.77. The fourth-order valence-corrected chi connectivity index (χ4v) is 6.66. The summed E-state index contributed by atoms with van der Waals surface area (Å²) in [6.07, 6.45) is 26.9. The molecule has 0 nitrogen and oxygen atoms in total. The first-order valence-electron chi connectivity index (χ1n) is 14.9. The molecule has 1 heteroatoms. The average molecular weight is 457 g/mol. The Labute approximate surface area is 205 Å². The third-order valence-corrected chi connectivity index (χ3v) is 9.15. The van der Waals surface area contributed by atoms with Gasteiger partial charge in [-0.1, -0.05) is 129 Å². The van der Waals surface area contributed by atoms with Crippen LogP contribution in [0.1, 0.15) is 141 Å². The molecular formula is C32H53F. The molecule has 0 aromatic heterocycles. The second-order valence-electron chi connectivity index (χ2n) is 11.8. The number of aryl methyl sites for hydroxylation is 2. The number of rotatable bonds is 14. The van der Waals surface area contributed by atoms with Gasteiger partial charge in [0.15, 0.2) is 0 Å². The Morgan fingerprint density at radius 2 is 1.06 bits per heavy atom. The van der Waals surface area contributed by atoms with Gasteiger partial charge < -0.3 is 0 Å². The normalized spacial score (nSPS) is 25.9. The zero-order valence-electron chi connectivity index (χ0n) is 22.1. The van der Waals surface area contributed by atoms with E-state index >= 15 is 0 Å². The van der Waals surface area contributed by atoms with Crippen molar-refractivity contribution in [1.82, 2.24) is 0 Å². The highest BCUT2D eigenvalue weighted by Crippen LogP contribution is 2.36. The van der Waals surface area contributed by atoms with Gasteiger partial charge >= 0.3 is 0 Å². The molecule has 2 aliphatic carbocycles. The van der Waals surface area contributed by atoms with Crippen molar-refractivity contribution in [2.75, 3.05) is 0 Å². The van der Waals surface area contributed by atoms with Crippen molar-refractivity contribution < 1.29 is 4.39 Å². The SMILES string of the molecule is CCCCCC1CCC(CCc2ccc(CCC3CCC(CCCCC)CC3)c(F)c2)CC1. The Morgan fingerprint density at radius 1 is 0.606 bits per heavy atom. The average Bonchev–Trinajstić information content (AvgIpc) is 2.84. The summed E-state index contributed by atoms with van der Waals surface area (Å²) in [6.45, 7) is 4.59. The van der Waals surface area contributed by atoms with Crippen molar-refractivity contribution in [2.45, 2.75) is 142 Å². The van der Waals surface area contributed by atoms with Gasteiger partial charge in [-0.05, 0) is 66.5 Å². The number of unbranched alkanes of at least 4 members (excludes halogenated alkanes) is 4. The van der Waals surface area contributed by atoms with E-state index in [2.05, 4.69) is 26.0 Å². The van der Waals surface area contributed by atoms with Crippen molar-refractivity contribution in [2.24, 2.45) is 23.7 Å². The van der Waals surface area contributed by atoms with Gasteiger partial charge in [-0.2, -0.15) is 0 Å². The Kier molecular flexibility index (Phi) is 12.3. The second kappa shape index (κ2) is 15.2. The monoisotopic (exact) mass is 456 g/mol. The highest BCUT2D eigenvalue weighted by molar-refractivity contribution is 5.25. The smallest absolute Gasteiger partial charge is 0.126 e. The number of halogens is 1. The van der Waals surface area contributed by atoms with Crippen LogP contribution in [0.25, 0.3) is 0 Å². The van der Waals surface area contributed by atoms with Gasteiger partial charge in [-0.15, -0.1) is 0 Å². The Balaban J connectivity index is 1.32. The van der Waals surface area contributed by atoms with Crippen LogP contribution in [0, 0.1) is 29.5 Å². The fourth-order valence-electron chi connectivity index (χ4n) is 6.66. The van der Waals surface area contributed by atoms with Gasteiger partial charge in [0.2, 0.25) is 0 Å². The minimum absolute atomic E-state index is 0.0559. The van der Waals surface area contributed by atoms with Crippen LogP contribution in [0.15, 0.2) is 18.2 Å². The third-order valence-electron chi connectivity index (χ3n) is 9.15. The van der Waals surface area contributed by atoms with Crippen molar-refractivity contribution in [1.29, 1.82) is 0 Å². The standard InChI is InChI=1S/C32H53F/c1-3-5-7-9-26-11-15-28(16-12-26)19-20-30-22-24-31(32(33)25-30)23-21-29-17-13-27(14-18-29)10-8-6-4-2/h22,24-29H,3-21,23H2,1-2H3. The molecule has 0 spiro atoms. The first-order chi connectivity index (χ1) is 16.2. The van der Waals surface area contributed by atoms with Crippen molar-refractivity contribution in [3.8, 4) is 0 Å². The number of hydrogen-bond donors (Lipinski definition) is 0. The van der Waals surface area contributed by atoms with Crippen LogP contribution in [-0.4, -0.2) is 0 Å². The van der Waals surface area contributed by atoms with Crippen molar-refractivity contribution in [3.63, 3.8) is 0 Å². The molecule has 0 radical (unpaired) electrons. The maximum Gasteiger partial charge on any atom is 0.126 e. The summed E-state index contributed by atoms with van der Waals surface area (Å²) in [5.74, 6) is 3.71. The summed E-state index contributed by atoms with van der Waals surface area (Å²) in [7, 11) is 0. The summed E-state index contributed by atoms with van der Waals surface area (Å²) in [5.41, 5.74) is 2.17. The van der Waals surface area contributed by atoms with E-state index in [0.717, 1.165) is 42.1 Å². The highest BCUT2D eigenvalue weighted by Gasteiger charge is 2.22. The molecule has 1 aromatic carbocycles. The molecule has 1 aromatic rings. The molecule has 2 fully saturated rings. The first kappa shape index (κ1) is 26.7. The van der Waals surface area contributed by atoms with Gasteiger partial charge in [-0.25, -0.2) is 4.39 Å². The van der Waals surface area contributed by atoms with Crippen molar-refractivity contribution >= 4 is 0 Å². The molecule has 0 N–H and O–H groups in total. The molecule has 3 rings (SSSR count). The van der Waals surface area contributed by atoms with E-state index in [9.17, 15) is 4.39 Å². The largest absolute Gasteiger partial charge is 0.207 e. The molecule has 0 heterocycles. The molecule has 0 amide bonds.